The lowest BCUT2D eigenvalue weighted by molar-refractivity contribution is -0.129. The minimum absolute atomic E-state index is 0.0187. The first-order valence-electron chi connectivity index (χ1n) is 9.18. The van der Waals surface area contributed by atoms with Gasteiger partial charge in [-0.3, -0.25) is 9.59 Å². The van der Waals surface area contributed by atoms with E-state index in [2.05, 4.69) is 5.32 Å². The average Bonchev–Trinajstić information content (AvgIpc) is 2.67. The van der Waals surface area contributed by atoms with Crippen molar-refractivity contribution in [2.24, 2.45) is 0 Å². The van der Waals surface area contributed by atoms with Crippen LogP contribution < -0.4 is 10.1 Å². The summed E-state index contributed by atoms with van der Waals surface area (Å²) >= 11 is 0. The molecule has 5 heteroatoms. The largest absolute Gasteiger partial charge is 0.497 e. The SMILES string of the molecule is COc1ccc(CCN(CCC(=O)NCc2ccc(C)cc2)C(C)=O)cc1. The second-order valence-corrected chi connectivity index (χ2v) is 6.62. The fraction of sp³-hybridized carbons (Fsp3) is 0.364. The Morgan fingerprint density at radius 3 is 2.19 bits per heavy atom. The van der Waals surface area contributed by atoms with E-state index in [-0.39, 0.29) is 11.8 Å². The quantitative estimate of drug-likeness (QED) is 0.740. The van der Waals surface area contributed by atoms with Crippen LogP contribution >= 0.6 is 0 Å². The lowest BCUT2D eigenvalue weighted by Gasteiger charge is -2.21. The molecule has 5 nitrogen and oxygen atoms in total. The van der Waals surface area contributed by atoms with Crippen molar-refractivity contribution in [1.82, 2.24) is 10.2 Å². The van der Waals surface area contributed by atoms with Crippen LogP contribution in [0.4, 0.5) is 0 Å². The molecule has 0 aliphatic heterocycles. The molecule has 0 aliphatic carbocycles. The summed E-state index contributed by atoms with van der Waals surface area (Å²) < 4.78 is 5.15. The summed E-state index contributed by atoms with van der Waals surface area (Å²) in [5.74, 6) is 0.744. The number of aryl methyl sites for hydroxylation is 1. The predicted octanol–water partition coefficient (Wildman–Crippen LogP) is 3.10. The summed E-state index contributed by atoms with van der Waals surface area (Å²) in [6.45, 7) is 5.09. The Morgan fingerprint density at radius 1 is 0.963 bits per heavy atom. The number of hydrogen-bond acceptors (Lipinski definition) is 3. The molecule has 0 aromatic heterocycles. The molecule has 0 radical (unpaired) electrons. The number of ether oxygens (including phenoxy) is 1. The molecule has 0 spiro atoms. The molecule has 1 N–H and O–H groups in total. The molecule has 0 heterocycles. The number of amides is 2. The fourth-order valence-electron chi connectivity index (χ4n) is 2.71. The molecule has 2 aromatic carbocycles. The van der Waals surface area contributed by atoms with Crippen LogP contribution in [0.5, 0.6) is 5.75 Å². The molecule has 0 saturated carbocycles. The third-order valence-electron chi connectivity index (χ3n) is 4.49. The van der Waals surface area contributed by atoms with Gasteiger partial charge in [0.15, 0.2) is 0 Å². The van der Waals surface area contributed by atoms with Crippen LogP contribution in [0, 0.1) is 6.92 Å². The van der Waals surface area contributed by atoms with E-state index in [9.17, 15) is 9.59 Å². The topological polar surface area (TPSA) is 58.6 Å². The lowest BCUT2D eigenvalue weighted by Crippen LogP contribution is -2.35. The number of rotatable bonds is 9. The van der Waals surface area contributed by atoms with Crippen LogP contribution in [-0.4, -0.2) is 36.9 Å². The Morgan fingerprint density at radius 2 is 1.59 bits per heavy atom. The Labute approximate surface area is 161 Å². The predicted molar refractivity (Wildman–Crippen MR) is 107 cm³/mol. The van der Waals surface area contributed by atoms with E-state index in [1.165, 1.54) is 12.5 Å². The summed E-state index contributed by atoms with van der Waals surface area (Å²) in [7, 11) is 1.64. The minimum Gasteiger partial charge on any atom is -0.497 e. The van der Waals surface area contributed by atoms with Crippen LogP contribution in [0.3, 0.4) is 0 Å². The third kappa shape index (κ3) is 7.13. The molecule has 0 fully saturated rings. The Balaban J connectivity index is 1.76. The number of hydrogen-bond donors (Lipinski definition) is 1. The van der Waals surface area contributed by atoms with Gasteiger partial charge in [-0.1, -0.05) is 42.0 Å². The van der Waals surface area contributed by atoms with Crippen molar-refractivity contribution in [2.75, 3.05) is 20.2 Å². The summed E-state index contributed by atoms with van der Waals surface area (Å²) in [6, 6.07) is 15.9. The first-order chi connectivity index (χ1) is 13.0. The third-order valence-corrected chi connectivity index (χ3v) is 4.49. The summed E-state index contributed by atoms with van der Waals surface area (Å²) in [4.78, 5) is 25.7. The number of nitrogens with zero attached hydrogens (tertiary/aromatic N) is 1. The van der Waals surface area contributed by atoms with Gasteiger partial charge < -0.3 is 15.0 Å². The molecule has 0 unspecified atom stereocenters. The van der Waals surface area contributed by atoms with Gasteiger partial charge in [-0.05, 0) is 36.6 Å². The summed E-state index contributed by atoms with van der Waals surface area (Å²) in [5, 5.41) is 2.91. The van der Waals surface area contributed by atoms with Crippen LogP contribution in [0.25, 0.3) is 0 Å². The smallest absolute Gasteiger partial charge is 0.222 e. The molecule has 2 amide bonds. The maximum absolute atomic E-state index is 12.1. The number of carbonyl (C=O) groups excluding carboxylic acids is 2. The van der Waals surface area contributed by atoms with Crippen molar-refractivity contribution < 1.29 is 14.3 Å². The van der Waals surface area contributed by atoms with Crippen molar-refractivity contribution in [2.45, 2.75) is 33.2 Å². The van der Waals surface area contributed by atoms with E-state index in [0.717, 1.165) is 23.3 Å². The minimum atomic E-state index is -0.0497. The number of nitrogens with one attached hydrogen (secondary N) is 1. The molecular weight excluding hydrogens is 340 g/mol. The summed E-state index contributed by atoms with van der Waals surface area (Å²) in [5.41, 5.74) is 3.39. The maximum Gasteiger partial charge on any atom is 0.222 e. The first kappa shape index (κ1) is 20.5. The highest BCUT2D eigenvalue weighted by atomic mass is 16.5. The van der Waals surface area contributed by atoms with Crippen molar-refractivity contribution in [3.05, 3.63) is 65.2 Å². The van der Waals surface area contributed by atoms with Crippen LogP contribution in [0.2, 0.25) is 0 Å². The second-order valence-electron chi connectivity index (χ2n) is 6.62. The second kappa shape index (κ2) is 10.4. The standard InChI is InChI=1S/C22H28N2O3/c1-17-4-6-20(7-5-17)16-23-22(26)13-15-24(18(2)25)14-12-19-8-10-21(27-3)11-9-19/h4-11H,12-16H2,1-3H3,(H,23,26). The Hall–Kier alpha value is -2.82. The molecule has 0 saturated heterocycles. The van der Waals surface area contributed by atoms with E-state index >= 15 is 0 Å². The number of methoxy groups -OCH3 is 1. The first-order valence-corrected chi connectivity index (χ1v) is 9.18. The highest BCUT2D eigenvalue weighted by molar-refractivity contribution is 5.78. The zero-order chi connectivity index (χ0) is 19.6. The van der Waals surface area contributed by atoms with E-state index in [0.29, 0.717) is 26.1 Å². The number of carbonyl (C=O) groups is 2. The van der Waals surface area contributed by atoms with Gasteiger partial charge in [0.25, 0.3) is 0 Å². The zero-order valence-electron chi connectivity index (χ0n) is 16.3. The van der Waals surface area contributed by atoms with Crippen LogP contribution in [0.1, 0.15) is 30.0 Å². The van der Waals surface area contributed by atoms with Gasteiger partial charge in [0.2, 0.25) is 11.8 Å². The zero-order valence-corrected chi connectivity index (χ0v) is 16.3. The van der Waals surface area contributed by atoms with Gasteiger partial charge in [-0.15, -0.1) is 0 Å². The monoisotopic (exact) mass is 368 g/mol. The molecule has 0 bridgehead atoms. The van der Waals surface area contributed by atoms with Crippen molar-refractivity contribution >= 4 is 11.8 Å². The van der Waals surface area contributed by atoms with Gasteiger partial charge in [0.05, 0.1) is 7.11 Å². The summed E-state index contributed by atoms with van der Waals surface area (Å²) in [6.07, 6.45) is 1.04. The van der Waals surface area contributed by atoms with E-state index in [1.807, 2.05) is 55.5 Å². The maximum atomic E-state index is 12.1. The van der Waals surface area contributed by atoms with Crippen molar-refractivity contribution in [3.8, 4) is 5.75 Å². The van der Waals surface area contributed by atoms with Gasteiger partial charge in [-0.25, -0.2) is 0 Å². The van der Waals surface area contributed by atoms with Gasteiger partial charge in [-0.2, -0.15) is 0 Å². The Bertz CT molecular complexity index is 739. The van der Waals surface area contributed by atoms with Gasteiger partial charge in [0.1, 0.15) is 5.75 Å². The van der Waals surface area contributed by atoms with Crippen LogP contribution in [-0.2, 0) is 22.6 Å². The highest BCUT2D eigenvalue weighted by Crippen LogP contribution is 2.12. The average molecular weight is 368 g/mol. The van der Waals surface area contributed by atoms with Gasteiger partial charge >= 0.3 is 0 Å². The number of benzene rings is 2. The lowest BCUT2D eigenvalue weighted by atomic mass is 10.1. The van der Waals surface area contributed by atoms with E-state index in [1.54, 1.807) is 12.0 Å². The normalized spacial score (nSPS) is 10.3. The van der Waals surface area contributed by atoms with E-state index < -0.39 is 0 Å². The molecule has 27 heavy (non-hydrogen) atoms. The van der Waals surface area contributed by atoms with Crippen LogP contribution in [0.15, 0.2) is 48.5 Å². The molecular formula is C22H28N2O3. The molecule has 0 atom stereocenters. The van der Waals surface area contributed by atoms with Crippen molar-refractivity contribution in [3.63, 3.8) is 0 Å². The van der Waals surface area contributed by atoms with E-state index in [4.69, 9.17) is 4.74 Å². The Kier molecular flexibility index (Phi) is 7.86. The molecule has 0 aliphatic rings. The fourth-order valence-corrected chi connectivity index (χ4v) is 2.71. The van der Waals surface area contributed by atoms with Gasteiger partial charge in [0, 0.05) is 33.0 Å². The van der Waals surface area contributed by atoms with Crippen molar-refractivity contribution in [1.29, 1.82) is 0 Å². The highest BCUT2D eigenvalue weighted by Gasteiger charge is 2.11. The molecule has 144 valence electrons. The molecule has 2 rings (SSSR count). The molecule has 2 aromatic rings.